The van der Waals surface area contributed by atoms with Gasteiger partial charge in [-0.15, -0.1) is 0 Å². The first-order chi connectivity index (χ1) is 13.1. The van der Waals surface area contributed by atoms with Crippen LogP contribution in [0.3, 0.4) is 0 Å². The number of hydrogen-bond donors (Lipinski definition) is 1. The fourth-order valence-corrected chi connectivity index (χ4v) is 2.46. The predicted octanol–water partition coefficient (Wildman–Crippen LogP) is 3.52. The van der Waals surface area contributed by atoms with Crippen molar-refractivity contribution in [1.29, 1.82) is 0 Å². The second-order valence-electron chi connectivity index (χ2n) is 5.70. The standard InChI is InChI=1S/C20H17N3O4/c24-19(25)17-8-4-7-16(11-17)12-23(18-9-10-21-14-22-18)20(26)27-13-15-5-2-1-3-6-15/h1-11,14H,12-13H2,(H,24,25). The largest absolute Gasteiger partial charge is 0.478 e. The van der Waals surface area contributed by atoms with Gasteiger partial charge in [-0.2, -0.15) is 0 Å². The lowest BCUT2D eigenvalue weighted by molar-refractivity contribution is 0.0696. The summed E-state index contributed by atoms with van der Waals surface area (Å²) in [6.07, 6.45) is 2.27. The van der Waals surface area contributed by atoms with Crippen molar-refractivity contribution in [2.45, 2.75) is 13.2 Å². The lowest BCUT2D eigenvalue weighted by Gasteiger charge is -2.21. The van der Waals surface area contributed by atoms with Crippen LogP contribution in [0.25, 0.3) is 0 Å². The fraction of sp³-hybridized carbons (Fsp3) is 0.100. The zero-order valence-corrected chi connectivity index (χ0v) is 14.4. The Hall–Kier alpha value is -3.74. The molecule has 2 aromatic carbocycles. The van der Waals surface area contributed by atoms with Gasteiger partial charge in [0.15, 0.2) is 0 Å². The maximum Gasteiger partial charge on any atom is 0.416 e. The quantitative estimate of drug-likeness (QED) is 0.720. The fourth-order valence-electron chi connectivity index (χ4n) is 2.46. The number of hydrogen-bond acceptors (Lipinski definition) is 5. The average molecular weight is 363 g/mol. The molecule has 3 aromatic rings. The Bertz CT molecular complexity index is 917. The highest BCUT2D eigenvalue weighted by Gasteiger charge is 2.19. The second kappa shape index (κ2) is 8.57. The molecule has 27 heavy (non-hydrogen) atoms. The van der Waals surface area contributed by atoms with Crippen molar-refractivity contribution >= 4 is 17.9 Å². The summed E-state index contributed by atoms with van der Waals surface area (Å²) in [7, 11) is 0. The van der Waals surface area contributed by atoms with Gasteiger partial charge in [0.25, 0.3) is 0 Å². The molecule has 3 rings (SSSR count). The SMILES string of the molecule is O=C(O)c1cccc(CN(C(=O)OCc2ccccc2)c2ccncn2)c1. The van der Waals surface area contributed by atoms with Crippen LogP contribution in [0.15, 0.2) is 73.2 Å². The van der Waals surface area contributed by atoms with Crippen molar-refractivity contribution in [2.24, 2.45) is 0 Å². The number of carboxylic acids is 1. The van der Waals surface area contributed by atoms with Gasteiger partial charge in [0, 0.05) is 6.20 Å². The molecular weight excluding hydrogens is 346 g/mol. The van der Waals surface area contributed by atoms with Crippen LogP contribution in [0.2, 0.25) is 0 Å². The van der Waals surface area contributed by atoms with E-state index in [1.54, 1.807) is 18.2 Å². The molecule has 0 saturated carbocycles. The highest BCUT2D eigenvalue weighted by atomic mass is 16.6. The third-order valence-corrected chi connectivity index (χ3v) is 3.78. The normalized spacial score (nSPS) is 10.2. The minimum Gasteiger partial charge on any atom is -0.478 e. The lowest BCUT2D eigenvalue weighted by Crippen LogP contribution is -2.31. The van der Waals surface area contributed by atoms with Gasteiger partial charge < -0.3 is 9.84 Å². The molecular formula is C20H17N3O4. The van der Waals surface area contributed by atoms with Gasteiger partial charge in [0.2, 0.25) is 0 Å². The summed E-state index contributed by atoms with van der Waals surface area (Å²) < 4.78 is 5.40. The monoisotopic (exact) mass is 363 g/mol. The van der Waals surface area contributed by atoms with Crippen LogP contribution < -0.4 is 4.90 Å². The number of carbonyl (C=O) groups is 2. The van der Waals surface area contributed by atoms with E-state index < -0.39 is 12.1 Å². The van der Waals surface area contributed by atoms with E-state index in [4.69, 9.17) is 9.84 Å². The second-order valence-corrected chi connectivity index (χ2v) is 5.70. The van der Waals surface area contributed by atoms with Gasteiger partial charge in [-0.05, 0) is 29.3 Å². The molecule has 1 aromatic heterocycles. The highest BCUT2D eigenvalue weighted by Crippen LogP contribution is 2.17. The third kappa shape index (κ3) is 4.88. The average Bonchev–Trinajstić information content (AvgIpc) is 2.72. The number of ether oxygens (including phenoxy) is 1. The van der Waals surface area contributed by atoms with Crippen molar-refractivity contribution in [2.75, 3.05) is 4.90 Å². The molecule has 0 bridgehead atoms. The van der Waals surface area contributed by atoms with E-state index >= 15 is 0 Å². The van der Waals surface area contributed by atoms with E-state index in [2.05, 4.69) is 9.97 Å². The predicted molar refractivity (Wildman–Crippen MR) is 98.2 cm³/mol. The van der Waals surface area contributed by atoms with Gasteiger partial charge in [-0.3, -0.25) is 4.90 Å². The Morgan fingerprint density at radius 2 is 1.78 bits per heavy atom. The summed E-state index contributed by atoms with van der Waals surface area (Å²) in [6, 6.07) is 17.3. The Kier molecular flexibility index (Phi) is 5.73. The first kappa shape index (κ1) is 18.1. The molecule has 0 fully saturated rings. The van der Waals surface area contributed by atoms with Crippen molar-refractivity contribution < 1.29 is 19.4 Å². The number of nitrogens with zero attached hydrogens (tertiary/aromatic N) is 3. The molecule has 0 aliphatic carbocycles. The third-order valence-electron chi connectivity index (χ3n) is 3.78. The molecule has 7 nitrogen and oxygen atoms in total. The summed E-state index contributed by atoms with van der Waals surface area (Å²) in [5.41, 5.74) is 1.65. The van der Waals surface area contributed by atoms with Crippen molar-refractivity contribution in [3.8, 4) is 0 Å². The van der Waals surface area contributed by atoms with Crippen molar-refractivity contribution in [3.63, 3.8) is 0 Å². The molecule has 1 amide bonds. The number of aromatic carboxylic acids is 1. The van der Waals surface area contributed by atoms with Crippen molar-refractivity contribution in [1.82, 2.24) is 9.97 Å². The van der Waals surface area contributed by atoms with E-state index in [9.17, 15) is 9.59 Å². The zero-order valence-electron chi connectivity index (χ0n) is 14.4. The Morgan fingerprint density at radius 3 is 2.48 bits per heavy atom. The summed E-state index contributed by atoms with van der Waals surface area (Å²) in [6.45, 7) is 0.238. The van der Waals surface area contributed by atoms with E-state index in [1.165, 1.54) is 29.6 Å². The number of amides is 1. The van der Waals surface area contributed by atoms with Gasteiger partial charge in [-0.25, -0.2) is 19.6 Å². The van der Waals surface area contributed by atoms with E-state index in [0.717, 1.165) is 5.56 Å². The van der Waals surface area contributed by atoms with Crippen LogP contribution in [-0.2, 0) is 17.9 Å². The molecule has 0 saturated heterocycles. The minimum atomic E-state index is -1.03. The molecule has 136 valence electrons. The van der Waals surface area contributed by atoms with Gasteiger partial charge >= 0.3 is 12.1 Å². The molecule has 0 aliphatic rings. The number of rotatable bonds is 6. The lowest BCUT2D eigenvalue weighted by atomic mass is 10.1. The Balaban J connectivity index is 1.80. The van der Waals surface area contributed by atoms with Crippen LogP contribution >= 0.6 is 0 Å². The molecule has 1 N–H and O–H groups in total. The zero-order chi connectivity index (χ0) is 19.1. The van der Waals surface area contributed by atoms with Crippen LogP contribution in [-0.4, -0.2) is 27.1 Å². The van der Waals surface area contributed by atoms with Gasteiger partial charge in [0.05, 0.1) is 12.1 Å². The summed E-state index contributed by atoms with van der Waals surface area (Å²) in [5, 5.41) is 9.15. The maximum absolute atomic E-state index is 12.7. The number of aromatic nitrogens is 2. The van der Waals surface area contributed by atoms with Crippen LogP contribution in [0, 0.1) is 0 Å². The Labute approximate surface area is 155 Å². The van der Waals surface area contributed by atoms with Crippen LogP contribution in [0.1, 0.15) is 21.5 Å². The smallest absolute Gasteiger partial charge is 0.416 e. The minimum absolute atomic E-state index is 0.117. The number of benzene rings is 2. The van der Waals surface area contributed by atoms with Crippen LogP contribution in [0.4, 0.5) is 10.6 Å². The molecule has 1 heterocycles. The summed E-state index contributed by atoms with van der Waals surface area (Å²) in [5.74, 6) is -0.666. The number of anilines is 1. The maximum atomic E-state index is 12.7. The van der Waals surface area contributed by atoms with Crippen LogP contribution in [0.5, 0.6) is 0 Å². The van der Waals surface area contributed by atoms with E-state index in [1.807, 2.05) is 30.3 Å². The first-order valence-electron chi connectivity index (χ1n) is 8.20. The van der Waals surface area contributed by atoms with Gasteiger partial charge in [0.1, 0.15) is 18.8 Å². The number of carbonyl (C=O) groups excluding carboxylic acids is 1. The first-order valence-corrected chi connectivity index (χ1v) is 8.20. The molecule has 0 spiro atoms. The summed E-state index contributed by atoms with van der Waals surface area (Å²) in [4.78, 5) is 33.1. The van der Waals surface area contributed by atoms with E-state index in [-0.39, 0.29) is 18.7 Å². The van der Waals surface area contributed by atoms with Crippen molar-refractivity contribution in [3.05, 3.63) is 89.9 Å². The molecule has 0 aliphatic heterocycles. The Morgan fingerprint density at radius 1 is 1.00 bits per heavy atom. The summed E-state index contributed by atoms with van der Waals surface area (Å²) >= 11 is 0. The molecule has 7 heteroatoms. The molecule has 0 radical (unpaired) electrons. The number of carboxylic acid groups (broad SMARTS) is 1. The van der Waals surface area contributed by atoms with E-state index in [0.29, 0.717) is 11.4 Å². The van der Waals surface area contributed by atoms with Gasteiger partial charge in [-0.1, -0.05) is 42.5 Å². The molecule has 0 unspecified atom stereocenters. The molecule has 0 atom stereocenters. The highest BCUT2D eigenvalue weighted by molar-refractivity contribution is 5.88. The topological polar surface area (TPSA) is 92.6 Å².